The summed E-state index contributed by atoms with van der Waals surface area (Å²) in [5, 5.41) is 0. The smallest absolute Gasteiger partial charge is 0.257 e. The number of carbonyl (C=O) groups excluding carboxylic acids is 1. The highest BCUT2D eigenvalue weighted by atomic mass is 16.5. The lowest BCUT2D eigenvalue weighted by Gasteiger charge is -2.33. The van der Waals surface area contributed by atoms with Crippen LogP contribution in [0.5, 0.6) is 5.75 Å². The largest absolute Gasteiger partial charge is 0.491 e. The van der Waals surface area contributed by atoms with Crippen LogP contribution in [0, 0.1) is 0 Å². The van der Waals surface area contributed by atoms with Crippen molar-refractivity contribution >= 4 is 11.6 Å². The maximum atomic E-state index is 12.6. The number of para-hydroxylation sites is 1. The van der Waals surface area contributed by atoms with E-state index in [4.69, 9.17) is 10.5 Å². The van der Waals surface area contributed by atoms with Crippen LogP contribution in [-0.4, -0.2) is 30.0 Å². The molecular weight excluding hydrogens is 240 g/mol. The number of piperidine rings is 1. The van der Waals surface area contributed by atoms with Gasteiger partial charge in [0.05, 0.1) is 17.9 Å². The molecule has 1 aromatic rings. The number of hydrogen-bond acceptors (Lipinski definition) is 3. The topological polar surface area (TPSA) is 55.6 Å². The Kier molecular flexibility index (Phi) is 4.30. The van der Waals surface area contributed by atoms with Gasteiger partial charge in [0, 0.05) is 12.6 Å². The Morgan fingerprint density at radius 1 is 1.47 bits per heavy atom. The van der Waals surface area contributed by atoms with Crippen molar-refractivity contribution in [2.24, 2.45) is 0 Å². The second kappa shape index (κ2) is 5.95. The quantitative estimate of drug-likeness (QED) is 0.852. The van der Waals surface area contributed by atoms with E-state index in [0.29, 0.717) is 23.6 Å². The molecule has 1 heterocycles. The van der Waals surface area contributed by atoms with Gasteiger partial charge in [0.15, 0.2) is 5.75 Å². The number of nitrogens with zero attached hydrogens (tertiary/aromatic N) is 1. The van der Waals surface area contributed by atoms with Gasteiger partial charge in [-0.15, -0.1) is 0 Å². The Hall–Kier alpha value is -1.71. The number of hydrogen-bond donors (Lipinski definition) is 1. The monoisotopic (exact) mass is 262 g/mol. The van der Waals surface area contributed by atoms with Gasteiger partial charge in [-0.2, -0.15) is 0 Å². The average Bonchev–Trinajstić information content (AvgIpc) is 2.41. The lowest BCUT2D eigenvalue weighted by Crippen LogP contribution is -2.42. The van der Waals surface area contributed by atoms with Crippen molar-refractivity contribution in [2.45, 2.75) is 39.2 Å². The number of amides is 1. The van der Waals surface area contributed by atoms with Crippen molar-refractivity contribution in [3.8, 4) is 5.75 Å². The highest BCUT2D eigenvalue weighted by Gasteiger charge is 2.26. The predicted molar refractivity (Wildman–Crippen MR) is 76.4 cm³/mol. The third kappa shape index (κ3) is 2.83. The van der Waals surface area contributed by atoms with Gasteiger partial charge in [-0.3, -0.25) is 4.79 Å². The Balaban J connectivity index is 2.30. The molecule has 4 nitrogen and oxygen atoms in total. The van der Waals surface area contributed by atoms with Crippen LogP contribution in [0.2, 0.25) is 0 Å². The van der Waals surface area contributed by atoms with Gasteiger partial charge in [-0.05, 0) is 45.2 Å². The van der Waals surface area contributed by atoms with Crippen molar-refractivity contribution in [3.05, 3.63) is 23.8 Å². The summed E-state index contributed by atoms with van der Waals surface area (Å²) in [6.45, 7) is 5.32. The van der Waals surface area contributed by atoms with Crippen LogP contribution >= 0.6 is 0 Å². The maximum absolute atomic E-state index is 12.6. The van der Waals surface area contributed by atoms with Gasteiger partial charge in [-0.1, -0.05) is 6.07 Å². The van der Waals surface area contributed by atoms with E-state index in [0.717, 1.165) is 19.4 Å². The predicted octanol–water partition coefficient (Wildman–Crippen LogP) is 2.68. The van der Waals surface area contributed by atoms with Gasteiger partial charge in [0.1, 0.15) is 0 Å². The molecule has 1 aromatic carbocycles. The molecule has 0 saturated carbocycles. The second-order valence-corrected chi connectivity index (χ2v) is 5.00. The molecule has 19 heavy (non-hydrogen) atoms. The van der Waals surface area contributed by atoms with E-state index in [1.165, 1.54) is 6.42 Å². The third-order valence-electron chi connectivity index (χ3n) is 3.63. The molecule has 0 aliphatic carbocycles. The Morgan fingerprint density at radius 3 is 2.95 bits per heavy atom. The second-order valence-electron chi connectivity index (χ2n) is 5.00. The molecule has 1 aliphatic rings. The molecule has 1 atom stereocenters. The first-order chi connectivity index (χ1) is 9.15. The zero-order valence-corrected chi connectivity index (χ0v) is 11.7. The van der Waals surface area contributed by atoms with Gasteiger partial charge < -0.3 is 15.4 Å². The minimum absolute atomic E-state index is 0.0305. The molecule has 0 bridgehead atoms. The molecule has 2 rings (SSSR count). The van der Waals surface area contributed by atoms with E-state index in [9.17, 15) is 4.79 Å². The van der Waals surface area contributed by atoms with E-state index < -0.39 is 0 Å². The molecule has 0 aromatic heterocycles. The zero-order chi connectivity index (χ0) is 13.8. The summed E-state index contributed by atoms with van der Waals surface area (Å²) in [4.78, 5) is 14.6. The molecule has 0 radical (unpaired) electrons. The van der Waals surface area contributed by atoms with Crippen molar-refractivity contribution in [3.63, 3.8) is 0 Å². The highest BCUT2D eigenvalue weighted by Crippen LogP contribution is 2.29. The SMILES string of the molecule is CCOc1c(N)cccc1C(=O)N1CCCCC1C. The van der Waals surface area contributed by atoms with E-state index in [2.05, 4.69) is 6.92 Å². The summed E-state index contributed by atoms with van der Waals surface area (Å²) in [6, 6.07) is 5.66. The molecule has 1 amide bonds. The van der Waals surface area contributed by atoms with Crippen LogP contribution in [-0.2, 0) is 0 Å². The van der Waals surface area contributed by atoms with Crippen LogP contribution in [0.4, 0.5) is 5.69 Å². The fourth-order valence-electron chi connectivity index (χ4n) is 2.58. The van der Waals surface area contributed by atoms with E-state index in [-0.39, 0.29) is 11.9 Å². The van der Waals surface area contributed by atoms with E-state index in [1.54, 1.807) is 18.2 Å². The number of carbonyl (C=O) groups is 1. The summed E-state index contributed by atoms with van der Waals surface area (Å²) in [7, 11) is 0. The average molecular weight is 262 g/mol. The number of ether oxygens (including phenoxy) is 1. The molecule has 1 saturated heterocycles. The fraction of sp³-hybridized carbons (Fsp3) is 0.533. The number of anilines is 1. The normalized spacial score (nSPS) is 19.3. The van der Waals surface area contributed by atoms with Crippen molar-refractivity contribution in [1.82, 2.24) is 4.90 Å². The van der Waals surface area contributed by atoms with Crippen molar-refractivity contribution in [2.75, 3.05) is 18.9 Å². The van der Waals surface area contributed by atoms with Crippen molar-refractivity contribution < 1.29 is 9.53 Å². The number of likely N-dealkylation sites (tertiary alicyclic amines) is 1. The molecule has 104 valence electrons. The van der Waals surface area contributed by atoms with Crippen LogP contribution < -0.4 is 10.5 Å². The summed E-state index contributed by atoms with van der Waals surface area (Å²) in [5.41, 5.74) is 7.02. The van der Waals surface area contributed by atoms with Gasteiger partial charge in [0.2, 0.25) is 0 Å². The zero-order valence-electron chi connectivity index (χ0n) is 11.7. The molecule has 2 N–H and O–H groups in total. The summed E-state index contributed by atoms with van der Waals surface area (Å²) in [6.07, 6.45) is 3.33. The highest BCUT2D eigenvalue weighted by molar-refractivity contribution is 5.98. The molecule has 1 unspecified atom stereocenters. The van der Waals surface area contributed by atoms with Crippen LogP contribution in [0.15, 0.2) is 18.2 Å². The van der Waals surface area contributed by atoms with Crippen LogP contribution in [0.25, 0.3) is 0 Å². The first-order valence-corrected chi connectivity index (χ1v) is 6.97. The molecule has 0 spiro atoms. The lowest BCUT2D eigenvalue weighted by molar-refractivity contribution is 0.0631. The molecular formula is C15H22N2O2. The Labute approximate surface area is 114 Å². The first-order valence-electron chi connectivity index (χ1n) is 6.97. The van der Waals surface area contributed by atoms with Crippen LogP contribution in [0.1, 0.15) is 43.5 Å². The summed E-state index contributed by atoms with van der Waals surface area (Å²) < 4.78 is 5.54. The number of benzene rings is 1. The fourth-order valence-corrected chi connectivity index (χ4v) is 2.58. The van der Waals surface area contributed by atoms with Crippen molar-refractivity contribution in [1.29, 1.82) is 0 Å². The van der Waals surface area contributed by atoms with E-state index >= 15 is 0 Å². The van der Waals surface area contributed by atoms with Crippen LogP contribution in [0.3, 0.4) is 0 Å². The number of nitrogen functional groups attached to an aromatic ring is 1. The maximum Gasteiger partial charge on any atom is 0.257 e. The molecule has 1 fully saturated rings. The minimum atomic E-state index is 0.0305. The van der Waals surface area contributed by atoms with Gasteiger partial charge >= 0.3 is 0 Å². The standard InChI is InChI=1S/C15H22N2O2/c1-3-19-14-12(8-6-9-13(14)16)15(18)17-10-5-4-7-11(17)2/h6,8-9,11H,3-5,7,10,16H2,1-2H3. The third-order valence-corrected chi connectivity index (χ3v) is 3.63. The first kappa shape index (κ1) is 13.7. The summed E-state index contributed by atoms with van der Waals surface area (Å²) in [5.74, 6) is 0.552. The lowest BCUT2D eigenvalue weighted by atomic mass is 10.0. The molecule has 4 heteroatoms. The number of nitrogens with two attached hydrogens (primary N) is 1. The Bertz CT molecular complexity index is 459. The minimum Gasteiger partial charge on any atom is -0.491 e. The number of rotatable bonds is 3. The van der Waals surface area contributed by atoms with Gasteiger partial charge in [0.25, 0.3) is 5.91 Å². The van der Waals surface area contributed by atoms with E-state index in [1.807, 2.05) is 11.8 Å². The summed E-state index contributed by atoms with van der Waals surface area (Å²) >= 11 is 0. The molecule has 1 aliphatic heterocycles. The van der Waals surface area contributed by atoms with Gasteiger partial charge in [-0.25, -0.2) is 0 Å². The Morgan fingerprint density at radius 2 is 2.26 bits per heavy atom.